The highest BCUT2D eigenvalue weighted by atomic mass is 32.3. The third-order valence-electron chi connectivity index (χ3n) is 4.63. The molecule has 0 aliphatic heterocycles. The maximum absolute atomic E-state index is 10.8. The van der Waals surface area contributed by atoms with Gasteiger partial charge in [-0.2, -0.15) is 8.42 Å². The Labute approximate surface area is 156 Å². The molecule has 0 heterocycles. The zero-order valence-electron chi connectivity index (χ0n) is 16.7. The summed E-state index contributed by atoms with van der Waals surface area (Å²) in [7, 11) is -4.31. The van der Waals surface area contributed by atoms with Crippen molar-refractivity contribution in [3.63, 3.8) is 0 Å². The van der Waals surface area contributed by atoms with Gasteiger partial charge in [0.05, 0.1) is 6.61 Å². The molecule has 0 aromatic rings. The van der Waals surface area contributed by atoms with Crippen molar-refractivity contribution in [1.82, 2.24) is 6.15 Å². The van der Waals surface area contributed by atoms with Crippen LogP contribution in [0.15, 0.2) is 0 Å². The van der Waals surface area contributed by atoms with Gasteiger partial charge >= 0.3 is 10.4 Å². The molecule has 4 N–H and O–H groups in total. The Morgan fingerprint density at radius 2 is 1.08 bits per heavy atom. The summed E-state index contributed by atoms with van der Waals surface area (Å²) < 4.78 is 35.0. The molecule has 1 unspecified atom stereocenters. The smallest absolute Gasteiger partial charge is 0.344 e. The minimum atomic E-state index is -4.31. The molecule has 0 rings (SSSR count). The largest absolute Gasteiger partial charge is 0.397 e. The van der Waals surface area contributed by atoms with Gasteiger partial charge in [0.25, 0.3) is 0 Å². The highest BCUT2D eigenvalue weighted by Gasteiger charge is 2.13. The molecule has 0 amide bonds. The number of rotatable bonds is 18. The maximum atomic E-state index is 10.8. The van der Waals surface area contributed by atoms with E-state index >= 15 is 0 Å². The molecule has 0 aliphatic carbocycles. The van der Waals surface area contributed by atoms with Crippen LogP contribution in [-0.4, -0.2) is 19.6 Å². The van der Waals surface area contributed by atoms with Crippen molar-refractivity contribution in [2.45, 2.75) is 110 Å². The standard InChI is InChI=1S/C19H40O4S.H3N/c1-3-5-7-9-11-13-15-17-19(18-23-24(20,21)22)16-14-12-10-8-6-4-2;/h19H,3-18H2,1-2H3,(H,20,21,22);1H3. The van der Waals surface area contributed by atoms with Crippen molar-refractivity contribution < 1.29 is 17.2 Å². The molecule has 0 aliphatic rings. The molecule has 0 aromatic carbocycles. The van der Waals surface area contributed by atoms with Crippen LogP contribution in [0.4, 0.5) is 0 Å². The van der Waals surface area contributed by atoms with E-state index in [2.05, 4.69) is 18.0 Å². The average Bonchev–Trinajstić information content (AvgIpc) is 2.53. The second kappa shape index (κ2) is 18.6. The van der Waals surface area contributed by atoms with E-state index in [1.807, 2.05) is 0 Å². The van der Waals surface area contributed by atoms with Gasteiger partial charge in [0.2, 0.25) is 0 Å². The Morgan fingerprint density at radius 3 is 1.44 bits per heavy atom. The summed E-state index contributed by atoms with van der Waals surface area (Å²) in [6.45, 7) is 4.57. The van der Waals surface area contributed by atoms with Crippen LogP contribution in [0.25, 0.3) is 0 Å². The first-order valence-electron chi connectivity index (χ1n) is 10.1. The van der Waals surface area contributed by atoms with Crippen molar-refractivity contribution in [2.24, 2.45) is 5.92 Å². The summed E-state index contributed by atoms with van der Waals surface area (Å²) in [5.41, 5.74) is 0. The SMILES string of the molecule is CCCCCCCCCC(CCCCCCCC)COS(=O)(=O)O.N. The molecule has 0 saturated heterocycles. The summed E-state index contributed by atoms with van der Waals surface area (Å²) in [4.78, 5) is 0. The van der Waals surface area contributed by atoms with Crippen LogP contribution in [0.1, 0.15) is 110 Å². The normalized spacial score (nSPS) is 12.8. The first kappa shape index (κ1) is 27.1. The maximum Gasteiger partial charge on any atom is 0.397 e. The average molecular weight is 382 g/mol. The Bertz CT molecular complexity index is 360. The number of hydrogen-bond acceptors (Lipinski definition) is 4. The van der Waals surface area contributed by atoms with Crippen molar-refractivity contribution >= 4 is 10.4 Å². The van der Waals surface area contributed by atoms with E-state index in [0.29, 0.717) is 0 Å². The van der Waals surface area contributed by atoms with Crippen LogP contribution in [0.3, 0.4) is 0 Å². The van der Waals surface area contributed by atoms with Gasteiger partial charge in [-0.3, -0.25) is 4.55 Å². The topological polar surface area (TPSA) is 98.6 Å². The van der Waals surface area contributed by atoms with E-state index in [4.69, 9.17) is 4.55 Å². The summed E-state index contributed by atoms with van der Waals surface area (Å²) in [5.74, 6) is 0.244. The molecular formula is C19H43NO4S. The Morgan fingerprint density at radius 1 is 0.720 bits per heavy atom. The van der Waals surface area contributed by atoms with E-state index < -0.39 is 10.4 Å². The monoisotopic (exact) mass is 381 g/mol. The van der Waals surface area contributed by atoms with E-state index in [1.165, 1.54) is 70.6 Å². The quantitative estimate of drug-likeness (QED) is 0.209. The molecule has 0 bridgehead atoms. The van der Waals surface area contributed by atoms with Crippen molar-refractivity contribution in [3.8, 4) is 0 Å². The Kier molecular flexibility index (Phi) is 20.1. The van der Waals surface area contributed by atoms with Crippen molar-refractivity contribution in [2.75, 3.05) is 6.61 Å². The molecule has 6 heteroatoms. The zero-order valence-corrected chi connectivity index (χ0v) is 17.5. The van der Waals surface area contributed by atoms with Crippen molar-refractivity contribution in [1.29, 1.82) is 0 Å². The van der Waals surface area contributed by atoms with Gasteiger partial charge in [-0.25, -0.2) is 4.18 Å². The van der Waals surface area contributed by atoms with Crippen LogP contribution in [0.5, 0.6) is 0 Å². The molecule has 0 fully saturated rings. The molecule has 1 atom stereocenters. The second-order valence-corrected chi connectivity index (χ2v) is 8.14. The molecule has 0 saturated carbocycles. The molecule has 0 spiro atoms. The summed E-state index contributed by atoms with van der Waals surface area (Å²) >= 11 is 0. The Balaban J connectivity index is 0. The molecule has 0 radical (unpaired) electrons. The van der Waals surface area contributed by atoms with Crippen LogP contribution in [-0.2, 0) is 14.6 Å². The predicted molar refractivity (Wildman–Crippen MR) is 107 cm³/mol. The lowest BCUT2D eigenvalue weighted by atomic mass is 9.95. The molecule has 25 heavy (non-hydrogen) atoms. The fraction of sp³-hybridized carbons (Fsp3) is 1.00. The third-order valence-corrected chi connectivity index (χ3v) is 5.07. The minimum absolute atomic E-state index is 0. The van der Waals surface area contributed by atoms with Gasteiger partial charge < -0.3 is 6.15 Å². The first-order valence-corrected chi connectivity index (χ1v) is 11.5. The molecule has 0 aromatic heterocycles. The van der Waals surface area contributed by atoms with Crippen LogP contribution >= 0.6 is 0 Å². The van der Waals surface area contributed by atoms with Gasteiger partial charge in [0, 0.05) is 0 Å². The van der Waals surface area contributed by atoms with E-state index in [1.54, 1.807) is 0 Å². The lowest BCUT2D eigenvalue weighted by Crippen LogP contribution is -2.14. The fourth-order valence-corrected chi connectivity index (χ4v) is 3.46. The summed E-state index contributed by atoms with van der Waals surface area (Å²) in [6, 6.07) is 0. The predicted octanol–water partition coefficient (Wildman–Crippen LogP) is 6.48. The summed E-state index contributed by atoms with van der Waals surface area (Å²) in [5, 5.41) is 0. The first-order chi connectivity index (χ1) is 11.5. The van der Waals surface area contributed by atoms with Gasteiger partial charge in [0.1, 0.15) is 0 Å². The molecular weight excluding hydrogens is 338 g/mol. The minimum Gasteiger partial charge on any atom is -0.344 e. The van der Waals surface area contributed by atoms with E-state index in [-0.39, 0.29) is 18.7 Å². The fourth-order valence-electron chi connectivity index (χ4n) is 3.10. The highest BCUT2D eigenvalue weighted by molar-refractivity contribution is 7.80. The Hall–Kier alpha value is -0.170. The zero-order chi connectivity index (χ0) is 18.1. The molecule has 5 nitrogen and oxygen atoms in total. The summed E-state index contributed by atoms with van der Waals surface area (Å²) in [6.07, 6.45) is 18.3. The molecule has 154 valence electrons. The third kappa shape index (κ3) is 21.8. The van der Waals surface area contributed by atoms with Gasteiger partial charge in [-0.15, -0.1) is 0 Å². The number of hydrogen-bond donors (Lipinski definition) is 2. The number of unbranched alkanes of at least 4 members (excludes halogenated alkanes) is 11. The highest BCUT2D eigenvalue weighted by Crippen LogP contribution is 2.20. The van der Waals surface area contributed by atoms with Gasteiger partial charge in [-0.05, 0) is 18.8 Å². The van der Waals surface area contributed by atoms with Gasteiger partial charge in [-0.1, -0.05) is 97.3 Å². The van der Waals surface area contributed by atoms with Crippen LogP contribution in [0.2, 0.25) is 0 Å². The van der Waals surface area contributed by atoms with E-state index in [0.717, 1.165) is 25.7 Å². The van der Waals surface area contributed by atoms with Crippen LogP contribution < -0.4 is 6.15 Å². The van der Waals surface area contributed by atoms with Crippen molar-refractivity contribution in [3.05, 3.63) is 0 Å². The van der Waals surface area contributed by atoms with E-state index in [9.17, 15) is 8.42 Å². The lowest BCUT2D eigenvalue weighted by molar-refractivity contribution is 0.204. The van der Waals surface area contributed by atoms with Gasteiger partial charge in [0.15, 0.2) is 0 Å². The lowest BCUT2D eigenvalue weighted by Gasteiger charge is -2.16. The second-order valence-electron chi connectivity index (χ2n) is 7.04. The van der Waals surface area contributed by atoms with Crippen LogP contribution in [0, 0.1) is 5.92 Å².